The van der Waals surface area contributed by atoms with E-state index in [4.69, 9.17) is 11.6 Å². The Morgan fingerprint density at radius 3 is 2.59 bits per heavy atom. The van der Waals surface area contributed by atoms with E-state index in [1.807, 2.05) is 0 Å². The van der Waals surface area contributed by atoms with Crippen molar-refractivity contribution in [1.82, 2.24) is 0 Å². The van der Waals surface area contributed by atoms with Crippen molar-refractivity contribution in [3.05, 3.63) is 35.4 Å². The van der Waals surface area contributed by atoms with Crippen LogP contribution >= 0.6 is 11.6 Å². The third-order valence-electron chi connectivity index (χ3n) is 3.56. The Morgan fingerprint density at radius 1 is 1.18 bits per heavy atom. The zero-order valence-electron chi connectivity index (χ0n) is 9.76. The third-order valence-corrected chi connectivity index (χ3v) is 3.97. The molecule has 1 fully saturated rings. The van der Waals surface area contributed by atoms with E-state index in [0.717, 1.165) is 18.6 Å². The summed E-state index contributed by atoms with van der Waals surface area (Å²) < 4.78 is 26.6. The molecule has 0 bridgehead atoms. The van der Waals surface area contributed by atoms with Gasteiger partial charge in [-0.25, -0.2) is 8.78 Å². The second-order valence-corrected chi connectivity index (χ2v) is 5.40. The van der Waals surface area contributed by atoms with Crippen LogP contribution in [0, 0.1) is 17.6 Å². The average molecular weight is 259 g/mol. The van der Waals surface area contributed by atoms with Crippen molar-refractivity contribution in [3.8, 4) is 0 Å². The van der Waals surface area contributed by atoms with Crippen molar-refractivity contribution >= 4 is 11.6 Å². The molecule has 0 saturated heterocycles. The molecule has 0 amide bonds. The highest BCUT2D eigenvalue weighted by Gasteiger charge is 2.21. The van der Waals surface area contributed by atoms with Crippen molar-refractivity contribution in [3.63, 3.8) is 0 Å². The van der Waals surface area contributed by atoms with E-state index in [-0.39, 0.29) is 0 Å². The van der Waals surface area contributed by atoms with Gasteiger partial charge in [0.05, 0.1) is 5.38 Å². The molecule has 2 rings (SSSR count). The van der Waals surface area contributed by atoms with Gasteiger partial charge in [-0.1, -0.05) is 32.1 Å². The summed E-state index contributed by atoms with van der Waals surface area (Å²) in [4.78, 5) is 0. The van der Waals surface area contributed by atoms with Crippen molar-refractivity contribution in [2.24, 2.45) is 5.92 Å². The second-order valence-electron chi connectivity index (χ2n) is 4.87. The van der Waals surface area contributed by atoms with Gasteiger partial charge in [0.15, 0.2) is 0 Å². The summed E-state index contributed by atoms with van der Waals surface area (Å²) in [6, 6.07) is 3.50. The van der Waals surface area contributed by atoms with Crippen LogP contribution in [0.1, 0.15) is 49.5 Å². The molecule has 1 aromatic carbocycles. The highest BCUT2D eigenvalue weighted by atomic mass is 35.5. The van der Waals surface area contributed by atoms with Crippen molar-refractivity contribution < 1.29 is 8.78 Å². The zero-order chi connectivity index (χ0) is 12.3. The minimum absolute atomic E-state index is 0.303. The summed E-state index contributed by atoms with van der Waals surface area (Å²) in [7, 11) is 0. The van der Waals surface area contributed by atoms with E-state index >= 15 is 0 Å². The van der Waals surface area contributed by atoms with Crippen LogP contribution in [0.3, 0.4) is 0 Å². The van der Waals surface area contributed by atoms with E-state index in [0.29, 0.717) is 11.5 Å². The molecule has 0 radical (unpaired) electrons. The molecule has 1 unspecified atom stereocenters. The highest BCUT2D eigenvalue weighted by Crippen LogP contribution is 2.36. The number of halogens is 3. The topological polar surface area (TPSA) is 0 Å². The Balaban J connectivity index is 2.02. The van der Waals surface area contributed by atoms with Crippen LogP contribution in [0.15, 0.2) is 18.2 Å². The van der Waals surface area contributed by atoms with Crippen LogP contribution in [0.2, 0.25) is 0 Å². The lowest BCUT2D eigenvalue weighted by molar-refractivity contribution is 0.334. The maximum absolute atomic E-state index is 13.5. The monoisotopic (exact) mass is 258 g/mol. The molecule has 1 aliphatic rings. The molecular weight excluding hydrogens is 242 g/mol. The Labute approximate surface area is 106 Å². The van der Waals surface area contributed by atoms with Crippen LogP contribution in [-0.4, -0.2) is 0 Å². The molecule has 0 aromatic heterocycles. The zero-order valence-corrected chi connectivity index (χ0v) is 10.5. The molecule has 3 heteroatoms. The molecule has 1 aliphatic carbocycles. The Bertz CT molecular complexity index is 372. The SMILES string of the molecule is Fc1ccc(F)c(C(Cl)CC2CCCCC2)c1. The molecule has 1 atom stereocenters. The van der Waals surface area contributed by atoms with Gasteiger partial charge in [0, 0.05) is 5.56 Å². The lowest BCUT2D eigenvalue weighted by Crippen LogP contribution is -2.09. The first-order valence-corrected chi connectivity index (χ1v) is 6.69. The number of benzene rings is 1. The lowest BCUT2D eigenvalue weighted by atomic mass is 9.85. The maximum Gasteiger partial charge on any atom is 0.128 e. The molecule has 0 N–H and O–H groups in total. The quantitative estimate of drug-likeness (QED) is 0.653. The highest BCUT2D eigenvalue weighted by molar-refractivity contribution is 6.20. The Morgan fingerprint density at radius 2 is 1.88 bits per heavy atom. The first-order valence-electron chi connectivity index (χ1n) is 6.26. The molecule has 0 nitrogen and oxygen atoms in total. The molecule has 1 aromatic rings. The van der Waals surface area contributed by atoms with Gasteiger partial charge in [0.1, 0.15) is 11.6 Å². The predicted octanol–water partition coefficient (Wildman–Crippen LogP) is 5.22. The minimum atomic E-state index is -0.421. The van der Waals surface area contributed by atoms with Crippen molar-refractivity contribution in [2.75, 3.05) is 0 Å². The second kappa shape index (κ2) is 5.81. The van der Waals surface area contributed by atoms with Crippen LogP contribution in [0.25, 0.3) is 0 Å². The first kappa shape index (κ1) is 12.8. The molecule has 0 heterocycles. The van der Waals surface area contributed by atoms with Gasteiger partial charge in [0.25, 0.3) is 0 Å². The Kier molecular flexibility index (Phi) is 4.38. The van der Waals surface area contributed by atoms with Crippen LogP contribution in [0.5, 0.6) is 0 Å². The lowest BCUT2D eigenvalue weighted by Gasteiger charge is -2.24. The summed E-state index contributed by atoms with van der Waals surface area (Å²) in [6.45, 7) is 0. The summed E-state index contributed by atoms with van der Waals surface area (Å²) in [5, 5.41) is -0.409. The minimum Gasteiger partial charge on any atom is -0.207 e. The van der Waals surface area contributed by atoms with Gasteiger partial charge in [-0.3, -0.25) is 0 Å². The van der Waals surface area contributed by atoms with Crippen molar-refractivity contribution in [1.29, 1.82) is 0 Å². The number of rotatable bonds is 3. The van der Waals surface area contributed by atoms with E-state index in [9.17, 15) is 8.78 Å². The predicted molar refractivity (Wildman–Crippen MR) is 66.1 cm³/mol. The molecule has 94 valence electrons. The van der Waals surface area contributed by atoms with Crippen LogP contribution in [0.4, 0.5) is 8.78 Å². The molecule has 0 aliphatic heterocycles. The third kappa shape index (κ3) is 3.41. The molecule has 0 spiro atoms. The first-order chi connectivity index (χ1) is 8.16. The molecule has 17 heavy (non-hydrogen) atoms. The van der Waals surface area contributed by atoms with Crippen LogP contribution < -0.4 is 0 Å². The number of hydrogen-bond donors (Lipinski definition) is 0. The van der Waals surface area contributed by atoms with E-state index in [1.165, 1.54) is 38.2 Å². The maximum atomic E-state index is 13.5. The summed E-state index contributed by atoms with van der Waals surface area (Å²) >= 11 is 6.21. The van der Waals surface area contributed by atoms with E-state index in [1.54, 1.807) is 0 Å². The average Bonchev–Trinajstić information content (AvgIpc) is 2.33. The van der Waals surface area contributed by atoms with Crippen LogP contribution in [-0.2, 0) is 0 Å². The van der Waals surface area contributed by atoms with Crippen molar-refractivity contribution in [2.45, 2.75) is 43.9 Å². The molecule has 1 saturated carbocycles. The van der Waals surface area contributed by atoms with Gasteiger partial charge in [-0.05, 0) is 30.5 Å². The molecular formula is C14H17ClF2. The normalized spacial score (nSPS) is 19.2. The summed E-state index contributed by atoms with van der Waals surface area (Å²) in [5.74, 6) is -0.258. The fraction of sp³-hybridized carbons (Fsp3) is 0.571. The van der Waals surface area contributed by atoms with Gasteiger partial charge in [-0.15, -0.1) is 11.6 Å². The smallest absolute Gasteiger partial charge is 0.128 e. The van der Waals surface area contributed by atoms with Gasteiger partial charge < -0.3 is 0 Å². The van der Waals surface area contributed by atoms with Gasteiger partial charge in [0.2, 0.25) is 0 Å². The summed E-state index contributed by atoms with van der Waals surface area (Å²) in [6.07, 6.45) is 6.85. The fourth-order valence-corrected chi connectivity index (χ4v) is 3.02. The fourth-order valence-electron chi connectivity index (χ4n) is 2.60. The van der Waals surface area contributed by atoms with Gasteiger partial charge >= 0.3 is 0 Å². The number of hydrogen-bond acceptors (Lipinski definition) is 0. The standard InChI is InChI=1S/C14H17ClF2/c15-13(8-10-4-2-1-3-5-10)12-9-11(16)6-7-14(12)17/h6-7,9-10,13H,1-5,8H2. The Hall–Kier alpha value is -0.630. The van der Waals surface area contributed by atoms with E-state index in [2.05, 4.69) is 0 Å². The number of alkyl halides is 1. The summed E-state index contributed by atoms with van der Waals surface area (Å²) in [5.41, 5.74) is 0.303. The van der Waals surface area contributed by atoms with Gasteiger partial charge in [-0.2, -0.15) is 0 Å². The van der Waals surface area contributed by atoms with E-state index < -0.39 is 17.0 Å². The largest absolute Gasteiger partial charge is 0.207 e.